The topological polar surface area (TPSA) is 110 Å². The number of hydrogen-bond acceptors (Lipinski definition) is 9. The zero-order valence-corrected chi connectivity index (χ0v) is 36.5. The van der Waals surface area contributed by atoms with Crippen LogP contribution in [0.1, 0.15) is 163 Å². The molecule has 0 saturated carbocycles. The van der Waals surface area contributed by atoms with Gasteiger partial charge in [0.2, 0.25) is 11.8 Å². The van der Waals surface area contributed by atoms with Crippen molar-refractivity contribution in [3.63, 3.8) is 0 Å². The number of ether oxygens (including phenoxy) is 4. The van der Waals surface area contributed by atoms with Crippen LogP contribution in [-0.2, 0) is 0 Å². The monoisotopic (exact) mass is 830 g/mol. The molecule has 1 heterocycles. The molecule has 61 heavy (non-hydrogen) atoms. The molecule has 9 heteroatoms. The van der Waals surface area contributed by atoms with Gasteiger partial charge in [0.25, 0.3) is 0 Å². The molecule has 0 bridgehead atoms. The van der Waals surface area contributed by atoms with Crippen molar-refractivity contribution in [3.05, 3.63) is 108 Å². The van der Waals surface area contributed by atoms with Gasteiger partial charge in [-0.3, -0.25) is 0 Å². The third kappa shape index (κ3) is 17.2. The number of hydrogen-bond donors (Lipinski definition) is 0. The lowest BCUT2D eigenvalue weighted by molar-refractivity contribution is 0.0725. The van der Waals surface area contributed by atoms with Crippen molar-refractivity contribution in [1.29, 1.82) is 0 Å². The Kier molecular flexibility index (Phi) is 21.0. The fraction of sp³-hybridized carbons (Fsp3) is 0.462. The van der Waals surface area contributed by atoms with Crippen LogP contribution in [0, 0.1) is 0 Å². The number of aromatic nitrogens is 2. The first-order chi connectivity index (χ1) is 30.0. The van der Waals surface area contributed by atoms with Crippen molar-refractivity contribution in [3.8, 4) is 45.9 Å². The van der Waals surface area contributed by atoms with Crippen LogP contribution in [0.15, 0.2) is 101 Å². The van der Waals surface area contributed by atoms with Gasteiger partial charge < -0.3 is 23.4 Å². The molecule has 0 N–H and O–H groups in total. The van der Waals surface area contributed by atoms with Crippen molar-refractivity contribution in [2.75, 3.05) is 13.2 Å². The van der Waals surface area contributed by atoms with Gasteiger partial charge in [0.15, 0.2) is 0 Å². The highest BCUT2D eigenvalue weighted by Gasteiger charge is 2.14. The minimum Gasteiger partial charge on any atom is -0.494 e. The minimum atomic E-state index is -0.458. The van der Waals surface area contributed by atoms with Crippen molar-refractivity contribution in [1.82, 2.24) is 10.2 Å². The zero-order chi connectivity index (χ0) is 42.7. The van der Waals surface area contributed by atoms with Gasteiger partial charge in [-0.2, -0.15) is 0 Å². The third-order valence-corrected chi connectivity index (χ3v) is 10.8. The van der Waals surface area contributed by atoms with E-state index in [1.807, 2.05) is 0 Å². The molecular weight excluding hydrogens is 765 g/mol. The van der Waals surface area contributed by atoms with E-state index in [0.717, 1.165) is 24.3 Å². The summed E-state index contributed by atoms with van der Waals surface area (Å²) < 4.78 is 28.9. The fourth-order valence-corrected chi connectivity index (χ4v) is 7.05. The molecular formula is C52H66N2O7. The summed E-state index contributed by atoms with van der Waals surface area (Å²) in [5.74, 6) is 1.98. The van der Waals surface area contributed by atoms with E-state index in [-0.39, 0.29) is 0 Å². The molecule has 1 aromatic heterocycles. The van der Waals surface area contributed by atoms with E-state index in [9.17, 15) is 9.59 Å². The van der Waals surface area contributed by atoms with Gasteiger partial charge in [-0.15, -0.1) is 10.2 Å². The lowest BCUT2D eigenvalue weighted by Crippen LogP contribution is -2.08. The Morgan fingerprint density at radius 2 is 0.689 bits per heavy atom. The summed E-state index contributed by atoms with van der Waals surface area (Å²) in [7, 11) is 0. The number of nitrogens with zero attached hydrogens (tertiary/aromatic N) is 2. The quantitative estimate of drug-likeness (QED) is 0.0254. The SMILES string of the molecule is CCCCCCCCCCCCOc1ccc(C(=O)Oc2ccc(-c3nnc(-c4ccc(OC(=O)c5ccc(OCCCCCCCCCCCC)cc5)cc4)o3)cc2)cc1. The lowest BCUT2D eigenvalue weighted by atomic mass is 10.1. The van der Waals surface area contributed by atoms with Crippen LogP contribution in [0.4, 0.5) is 0 Å². The molecule has 5 rings (SSSR count). The number of benzene rings is 4. The van der Waals surface area contributed by atoms with Gasteiger partial charge in [-0.25, -0.2) is 9.59 Å². The molecule has 326 valence electrons. The Morgan fingerprint density at radius 1 is 0.393 bits per heavy atom. The maximum atomic E-state index is 12.8. The molecule has 0 radical (unpaired) electrons. The Hall–Kier alpha value is -5.44. The van der Waals surface area contributed by atoms with Gasteiger partial charge in [0.05, 0.1) is 24.3 Å². The summed E-state index contributed by atoms with van der Waals surface area (Å²) in [6, 6.07) is 27.8. The van der Waals surface area contributed by atoms with Crippen LogP contribution in [-0.4, -0.2) is 35.3 Å². The Balaban J connectivity index is 0.977. The summed E-state index contributed by atoms with van der Waals surface area (Å²) in [5, 5.41) is 8.40. The van der Waals surface area contributed by atoms with E-state index >= 15 is 0 Å². The van der Waals surface area contributed by atoms with E-state index in [1.165, 1.54) is 116 Å². The maximum absolute atomic E-state index is 12.8. The van der Waals surface area contributed by atoms with Crippen LogP contribution >= 0.6 is 0 Å². The molecule has 0 aliphatic carbocycles. The van der Waals surface area contributed by atoms with E-state index < -0.39 is 11.9 Å². The highest BCUT2D eigenvalue weighted by molar-refractivity contribution is 5.91. The zero-order valence-electron chi connectivity index (χ0n) is 36.5. The third-order valence-electron chi connectivity index (χ3n) is 10.8. The number of esters is 2. The van der Waals surface area contributed by atoms with E-state index in [0.29, 0.717) is 58.7 Å². The summed E-state index contributed by atoms with van der Waals surface area (Å²) >= 11 is 0. The summed E-state index contributed by atoms with van der Waals surface area (Å²) in [4.78, 5) is 25.6. The van der Waals surface area contributed by atoms with Crippen molar-refractivity contribution < 1.29 is 33.0 Å². The van der Waals surface area contributed by atoms with E-state index in [1.54, 1.807) is 97.1 Å². The number of unbranched alkanes of at least 4 members (excludes halogenated alkanes) is 18. The second-order valence-electron chi connectivity index (χ2n) is 15.8. The van der Waals surface area contributed by atoms with Gasteiger partial charge in [-0.1, -0.05) is 129 Å². The summed E-state index contributed by atoms with van der Waals surface area (Å²) in [5.41, 5.74) is 2.21. The van der Waals surface area contributed by atoms with Crippen LogP contribution < -0.4 is 18.9 Å². The predicted octanol–water partition coefficient (Wildman–Crippen LogP) is 14.4. The second-order valence-corrected chi connectivity index (χ2v) is 15.8. The first-order valence-corrected chi connectivity index (χ1v) is 23.0. The Bertz CT molecular complexity index is 1810. The van der Waals surface area contributed by atoms with Gasteiger partial charge >= 0.3 is 11.9 Å². The largest absolute Gasteiger partial charge is 0.494 e. The average Bonchev–Trinajstić information content (AvgIpc) is 3.79. The van der Waals surface area contributed by atoms with Gasteiger partial charge in [0, 0.05) is 11.1 Å². The molecule has 0 amide bonds. The fourth-order valence-electron chi connectivity index (χ4n) is 7.05. The number of carbonyl (C=O) groups is 2. The molecule has 9 nitrogen and oxygen atoms in total. The number of rotatable bonds is 30. The van der Waals surface area contributed by atoms with Crippen molar-refractivity contribution in [2.45, 2.75) is 142 Å². The van der Waals surface area contributed by atoms with E-state index in [2.05, 4.69) is 24.0 Å². The highest BCUT2D eigenvalue weighted by atomic mass is 16.5. The molecule has 4 aromatic carbocycles. The minimum absolute atomic E-state index is 0.313. The Morgan fingerprint density at radius 3 is 1.02 bits per heavy atom. The lowest BCUT2D eigenvalue weighted by Gasteiger charge is -2.08. The molecule has 0 fully saturated rings. The van der Waals surface area contributed by atoms with E-state index in [4.69, 9.17) is 23.4 Å². The van der Waals surface area contributed by atoms with Crippen LogP contribution in [0.2, 0.25) is 0 Å². The van der Waals surface area contributed by atoms with Gasteiger partial charge in [0.1, 0.15) is 23.0 Å². The molecule has 0 aliphatic rings. The number of carbonyl (C=O) groups excluding carboxylic acids is 2. The smallest absolute Gasteiger partial charge is 0.343 e. The standard InChI is InChI=1S/C52H66N2O7/c1-3-5-7-9-11-13-15-17-19-21-39-57-45-31-27-43(28-32-45)51(55)59-47-35-23-41(24-36-47)49-53-54-50(61-49)42-25-37-48(38-26-42)60-52(56)44-29-33-46(34-30-44)58-40-22-20-18-16-14-12-10-8-6-4-2/h23-38H,3-22,39-40H2,1-2H3. The second kappa shape index (κ2) is 27.4. The molecule has 0 aliphatic heterocycles. The molecule has 0 unspecified atom stereocenters. The molecule has 0 atom stereocenters. The Labute approximate surface area is 363 Å². The molecule has 0 saturated heterocycles. The van der Waals surface area contributed by atoms with Crippen LogP contribution in [0.5, 0.6) is 23.0 Å². The molecule has 0 spiro atoms. The van der Waals surface area contributed by atoms with Crippen LogP contribution in [0.3, 0.4) is 0 Å². The average molecular weight is 831 g/mol. The summed E-state index contributed by atoms with van der Waals surface area (Å²) in [6.45, 7) is 5.85. The van der Waals surface area contributed by atoms with Crippen molar-refractivity contribution in [2.24, 2.45) is 0 Å². The predicted molar refractivity (Wildman–Crippen MR) is 243 cm³/mol. The maximum Gasteiger partial charge on any atom is 0.343 e. The van der Waals surface area contributed by atoms with Crippen molar-refractivity contribution >= 4 is 11.9 Å². The summed E-state index contributed by atoms with van der Waals surface area (Å²) in [6.07, 6.45) is 25.7. The normalized spacial score (nSPS) is 11.0. The van der Waals surface area contributed by atoms with Crippen LogP contribution in [0.25, 0.3) is 22.9 Å². The molecule has 5 aromatic rings. The highest BCUT2D eigenvalue weighted by Crippen LogP contribution is 2.28. The van der Waals surface area contributed by atoms with Gasteiger partial charge in [-0.05, 0) is 110 Å². The first-order valence-electron chi connectivity index (χ1n) is 23.0. The first kappa shape index (κ1) is 46.6.